The molecule has 0 atom stereocenters. The molecule has 4 heterocycles. The molecule has 2 saturated heterocycles. The van der Waals surface area contributed by atoms with Crippen molar-refractivity contribution in [1.29, 1.82) is 0 Å². The van der Waals surface area contributed by atoms with Crippen LogP contribution in [-0.4, -0.2) is 47.0 Å². The summed E-state index contributed by atoms with van der Waals surface area (Å²) in [5.41, 5.74) is 2.52. The van der Waals surface area contributed by atoms with Crippen LogP contribution in [0.1, 0.15) is 32.1 Å². The second-order valence-corrected chi connectivity index (χ2v) is 7.70. The molecule has 0 aliphatic carbocycles. The minimum Gasteiger partial charge on any atom is -0.450 e. The number of furan rings is 1. The number of hydrogen-bond acceptors (Lipinski definition) is 5. The number of nitrogens with zero attached hydrogens (tertiary/aromatic N) is 4. The van der Waals surface area contributed by atoms with Crippen molar-refractivity contribution in [2.75, 3.05) is 31.1 Å². The van der Waals surface area contributed by atoms with Gasteiger partial charge in [-0.05, 0) is 43.7 Å². The van der Waals surface area contributed by atoms with Gasteiger partial charge in [0, 0.05) is 38.0 Å². The van der Waals surface area contributed by atoms with E-state index in [1.165, 1.54) is 0 Å². The third-order valence-corrected chi connectivity index (χ3v) is 5.95. The lowest BCUT2D eigenvalue weighted by Crippen LogP contribution is -2.42. The van der Waals surface area contributed by atoms with E-state index in [0.29, 0.717) is 11.8 Å². The number of para-hydroxylation sites is 1. The van der Waals surface area contributed by atoms with Crippen LogP contribution in [0.4, 0.5) is 5.82 Å². The number of aromatic nitrogens is 2. The van der Waals surface area contributed by atoms with Gasteiger partial charge in [0.1, 0.15) is 17.4 Å². The monoisotopic (exact) mass is 364 g/mol. The number of amides is 1. The van der Waals surface area contributed by atoms with Gasteiger partial charge in [-0.15, -0.1) is 0 Å². The quantitative estimate of drug-likeness (QED) is 0.710. The summed E-state index contributed by atoms with van der Waals surface area (Å²) >= 11 is 0. The Morgan fingerprint density at radius 2 is 1.93 bits per heavy atom. The Morgan fingerprint density at radius 1 is 1.07 bits per heavy atom. The molecule has 2 aliphatic heterocycles. The summed E-state index contributed by atoms with van der Waals surface area (Å²) in [6.45, 7) is 3.73. The van der Waals surface area contributed by atoms with E-state index in [1.807, 2.05) is 24.3 Å². The highest BCUT2D eigenvalue weighted by atomic mass is 16.3. The Bertz CT molecular complexity index is 975. The van der Waals surface area contributed by atoms with E-state index in [2.05, 4.69) is 19.8 Å². The fourth-order valence-corrected chi connectivity index (χ4v) is 4.43. The van der Waals surface area contributed by atoms with Crippen LogP contribution in [0.15, 0.2) is 35.0 Å². The lowest BCUT2D eigenvalue weighted by atomic mass is 9.95. The van der Waals surface area contributed by atoms with E-state index >= 15 is 0 Å². The molecule has 1 amide bonds. The van der Waals surface area contributed by atoms with Gasteiger partial charge >= 0.3 is 0 Å². The molecule has 6 heteroatoms. The third kappa shape index (κ3) is 3.03. The summed E-state index contributed by atoms with van der Waals surface area (Å²) in [6.07, 6.45) is 6.72. The molecule has 1 aromatic carbocycles. The van der Waals surface area contributed by atoms with E-state index in [-0.39, 0.29) is 0 Å². The lowest BCUT2D eigenvalue weighted by Gasteiger charge is -2.36. The molecule has 0 radical (unpaired) electrons. The molecule has 27 heavy (non-hydrogen) atoms. The molecule has 0 bridgehead atoms. The summed E-state index contributed by atoms with van der Waals surface area (Å²) in [5.74, 6) is 1.81. The summed E-state index contributed by atoms with van der Waals surface area (Å²) < 4.78 is 6.08. The number of piperidine rings is 2. The smallest absolute Gasteiger partial charge is 0.222 e. The van der Waals surface area contributed by atoms with Crippen molar-refractivity contribution in [3.63, 3.8) is 0 Å². The molecule has 3 aromatic rings. The van der Waals surface area contributed by atoms with Gasteiger partial charge in [0.25, 0.3) is 0 Å². The second-order valence-electron chi connectivity index (χ2n) is 7.70. The van der Waals surface area contributed by atoms with Crippen molar-refractivity contribution in [3.8, 4) is 0 Å². The average molecular weight is 364 g/mol. The zero-order valence-corrected chi connectivity index (χ0v) is 15.4. The van der Waals surface area contributed by atoms with Crippen LogP contribution in [-0.2, 0) is 4.79 Å². The number of rotatable bonds is 3. The highest BCUT2D eigenvalue weighted by molar-refractivity contribution is 6.05. The maximum absolute atomic E-state index is 12.1. The molecule has 140 valence electrons. The van der Waals surface area contributed by atoms with E-state index in [0.717, 1.165) is 86.2 Å². The number of benzene rings is 1. The minimum absolute atomic E-state index is 0.337. The molecular weight excluding hydrogens is 340 g/mol. The normalized spacial score (nSPS) is 19.3. The SMILES string of the molecule is O=C1CCCCN1CC1CCN(c2ncnc3c2oc2ccccc23)CC1. The molecular formula is C21H24N4O2. The Balaban J connectivity index is 1.33. The number of hydrogen-bond donors (Lipinski definition) is 0. The molecule has 0 N–H and O–H groups in total. The fourth-order valence-electron chi connectivity index (χ4n) is 4.43. The van der Waals surface area contributed by atoms with Crippen LogP contribution >= 0.6 is 0 Å². The molecule has 5 rings (SSSR count). The van der Waals surface area contributed by atoms with Crippen molar-refractivity contribution in [1.82, 2.24) is 14.9 Å². The van der Waals surface area contributed by atoms with Crippen molar-refractivity contribution < 1.29 is 9.21 Å². The van der Waals surface area contributed by atoms with Crippen LogP contribution in [0.2, 0.25) is 0 Å². The molecule has 2 aliphatic rings. The summed E-state index contributed by atoms with van der Waals surface area (Å²) in [5, 5.41) is 1.04. The molecule has 0 spiro atoms. The number of carbonyl (C=O) groups excluding carboxylic acids is 1. The van der Waals surface area contributed by atoms with E-state index in [1.54, 1.807) is 6.33 Å². The predicted octanol–water partition coefficient (Wildman–Crippen LogP) is 3.60. The Hall–Kier alpha value is -2.63. The van der Waals surface area contributed by atoms with Crippen molar-refractivity contribution >= 4 is 33.8 Å². The number of anilines is 1. The van der Waals surface area contributed by atoms with Crippen LogP contribution in [0, 0.1) is 5.92 Å². The standard InChI is InChI=1S/C21H24N4O2/c26-18-7-3-4-10-25(18)13-15-8-11-24(12-9-15)21-20-19(22-14-23-21)16-5-1-2-6-17(16)27-20/h1-2,5-6,14-15H,3-4,7-13H2. The fraction of sp³-hybridized carbons (Fsp3) is 0.476. The molecule has 2 aromatic heterocycles. The van der Waals surface area contributed by atoms with Crippen molar-refractivity contribution in [2.45, 2.75) is 32.1 Å². The largest absolute Gasteiger partial charge is 0.450 e. The van der Waals surface area contributed by atoms with Crippen molar-refractivity contribution in [3.05, 3.63) is 30.6 Å². The number of fused-ring (bicyclic) bond motifs is 3. The summed E-state index contributed by atoms with van der Waals surface area (Å²) in [7, 11) is 0. The molecule has 0 unspecified atom stereocenters. The van der Waals surface area contributed by atoms with E-state index < -0.39 is 0 Å². The first kappa shape index (κ1) is 16.5. The van der Waals surface area contributed by atoms with Gasteiger partial charge in [-0.25, -0.2) is 9.97 Å². The van der Waals surface area contributed by atoms with Gasteiger partial charge in [0.15, 0.2) is 11.4 Å². The highest BCUT2D eigenvalue weighted by Gasteiger charge is 2.27. The van der Waals surface area contributed by atoms with Gasteiger partial charge in [0.05, 0.1) is 0 Å². The van der Waals surface area contributed by atoms with E-state index in [4.69, 9.17) is 4.42 Å². The van der Waals surface area contributed by atoms with Gasteiger partial charge in [-0.1, -0.05) is 12.1 Å². The van der Waals surface area contributed by atoms with Gasteiger partial charge in [0.2, 0.25) is 5.91 Å². The minimum atomic E-state index is 0.337. The second kappa shape index (κ2) is 6.83. The first-order chi connectivity index (χ1) is 13.3. The van der Waals surface area contributed by atoms with Crippen LogP contribution in [0.3, 0.4) is 0 Å². The highest BCUT2D eigenvalue weighted by Crippen LogP contribution is 2.33. The lowest BCUT2D eigenvalue weighted by molar-refractivity contribution is -0.134. The Labute approximate surface area is 158 Å². The zero-order chi connectivity index (χ0) is 18.2. The van der Waals surface area contributed by atoms with Gasteiger partial charge in [-0.3, -0.25) is 4.79 Å². The summed E-state index contributed by atoms with van der Waals surface area (Å²) in [4.78, 5) is 25.4. The van der Waals surface area contributed by atoms with Crippen LogP contribution in [0.25, 0.3) is 22.1 Å². The number of likely N-dealkylation sites (tertiary alicyclic amines) is 1. The topological polar surface area (TPSA) is 62.5 Å². The average Bonchev–Trinajstić information content (AvgIpc) is 3.09. The molecule has 0 saturated carbocycles. The van der Waals surface area contributed by atoms with Crippen molar-refractivity contribution in [2.24, 2.45) is 5.92 Å². The van der Waals surface area contributed by atoms with Gasteiger partial charge < -0.3 is 14.2 Å². The zero-order valence-electron chi connectivity index (χ0n) is 15.4. The summed E-state index contributed by atoms with van der Waals surface area (Å²) in [6, 6.07) is 8.00. The maximum atomic E-state index is 12.1. The Morgan fingerprint density at radius 3 is 2.78 bits per heavy atom. The maximum Gasteiger partial charge on any atom is 0.222 e. The number of carbonyl (C=O) groups is 1. The van der Waals surface area contributed by atoms with Crippen LogP contribution in [0.5, 0.6) is 0 Å². The first-order valence-electron chi connectivity index (χ1n) is 9.94. The Kier molecular flexibility index (Phi) is 4.19. The first-order valence-corrected chi connectivity index (χ1v) is 9.94. The van der Waals surface area contributed by atoms with Crippen LogP contribution < -0.4 is 4.90 Å². The van der Waals surface area contributed by atoms with E-state index in [9.17, 15) is 4.79 Å². The predicted molar refractivity (Wildman–Crippen MR) is 105 cm³/mol. The third-order valence-electron chi connectivity index (χ3n) is 5.95. The molecule has 6 nitrogen and oxygen atoms in total. The molecule has 2 fully saturated rings. The van der Waals surface area contributed by atoms with Gasteiger partial charge in [-0.2, -0.15) is 0 Å².